The van der Waals surface area contributed by atoms with E-state index in [1.165, 1.54) is 26.0 Å². The van der Waals surface area contributed by atoms with Crippen molar-refractivity contribution in [3.8, 4) is 0 Å². The van der Waals surface area contributed by atoms with Gasteiger partial charge in [-0.1, -0.05) is 18.2 Å². The highest BCUT2D eigenvalue weighted by Crippen LogP contribution is 2.40. The molecule has 1 N–H and O–H groups in total. The van der Waals surface area contributed by atoms with Gasteiger partial charge in [0.2, 0.25) is 11.8 Å². The van der Waals surface area contributed by atoms with Crippen LogP contribution in [-0.4, -0.2) is 18.3 Å². The molecule has 2 nitrogen and oxygen atoms in total. The van der Waals surface area contributed by atoms with E-state index in [1.54, 1.807) is 11.4 Å². The molecule has 20 heavy (non-hydrogen) atoms. The smallest absolute Gasteiger partial charge is 0.325 e. The molecule has 1 amide bonds. The molecule has 1 rings (SSSR count). The van der Waals surface area contributed by atoms with Crippen LogP contribution in [0.5, 0.6) is 0 Å². The molecule has 0 aliphatic rings. The van der Waals surface area contributed by atoms with Crippen molar-refractivity contribution in [2.45, 2.75) is 26.2 Å². The molecule has 0 aliphatic heterocycles. The zero-order valence-electron chi connectivity index (χ0n) is 10.5. The molecule has 0 aromatic heterocycles. The molecular formula is C12H11F6NO. The van der Waals surface area contributed by atoms with Crippen LogP contribution < -0.4 is 5.32 Å². The molecule has 112 valence electrons. The van der Waals surface area contributed by atoms with Gasteiger partial charge >= 0.3 is 12.4 Å². The first-order valence-corrected chi connectivity index (χ1v) is 5.45. The molecule has 0 saturated carbocycles. The number of alkyl halides is 6. The van der Waals surface area contributed by atoms with Crippen LogP contribution in [0.25, 0.3) is 0 Å². The van der Waals surface area contributed by atoms with Gasteiger partial charge in [0.15, 0.2) is 0 Å². The lowest BCUT2D eigenvalue weighted by Crippen LogP contribution is -2.45. The number of amides is 1. The molecule has 0 heterocycles. The van der Waals surface area contributed by atoms with E-state index in [9.17, 15) is 31.1 Å². The molecule has 0 aliphatic carbocycles. The first-order valence-electron chi connectivity index (χ1n) is 5.45. The van der Waals surface area contributed by atoms with E-state index in [0.29, 0.717) is 11.1 Å². The number of carbonyl (C=O) groups excluding carboxylic acids is 1. The molecule has 0 saturated heterocycles. The molecule has 0 radical (unpaired) electrons. The van der Waals surface area contributed by atoms with Crippen molar-refractivity contribution in [2.24, 2.45) is 5.92 Å². The maximum Gasteiger partial charge on any atom is 0.409 e. The van der Waals surface area contributed by atoms with Crippen LogP contribution in [0.4, 0.5) is 32.0 Å². The largest absolute Gasteiger partial charge is 0.409 e. The zero-order valence-corrected chi connectivity index (χ0v) is 10.5. The number of hydrogen-bond acceptors (Lipinski definition) is 1. The Morgan fingerprint density at radius 2 is 1.40 bits per heavy atom. The number of hydrogen-bond donors (Lipinski definition) is 1. The predicted molar refractivity (Wildman–Crippen MR) is 60.1 cm³/mol. The number of rotatable bonds is 2. The van der Waals surface area contributed by atoms with Gasteiger partial charge in [-0.05, 0) is 25.0 Å². The molecule has 0 spiro atoms. The Bertz CT molecular complexity index is 471. The molecule has 1 aromatic carbocycles. The Balaban J connectivity index is 3.11. The summed E-state index contributed by atoms with van der Waals surface area (Å²) in [5.41, 5.74) is 0.707. The van der Waals surface area contributed by atoms with Gasteiger partial charge < -0.3 is 5.32 Å². The number of aryl methyl sites for hydroxylation is 2. The van der Waals surface area contributed by atoms with Gasteiger partial charge in [-0.25, -0.2) is 0 Å². The molecular weight excluding hydrogens is 288 g/mol. The summed E-state index contributed by atoms with van der Waals surface area (Å²) in [6.45, 7) is 2.94. The standard InChI is InChI=1S/C12H11F6NO/c1-6-4-3-5-7(2)8(6)19-10(20)9(11(13,14)15)12(16,17)18/h3-5,9H,1-2H3,(H,19,20). The van der Waals surface area contributed by atoms with Crippen molar-refractivity contribution >= 4 is 11.6 Å². The first-order chi connectivity index (χ1) is 8.94. The fourth-order valence-corrected chi connectivity index (χ4v) is 1.69. The fraction of sp³-hybridized carbons (Fsp3) is 0.417. The normalized spacial score (nSPS) is 12.7. The predicted octanol–water partition coefficient (Wildman–Crippen LogP) is 3.98. The minimum absolute atomic E-state index is 0.0454. The average Bonchev–Trinajstić information content (AvgIpc) is 2.19. The lowest BCUT2D eigenvalue weighted by Gasteiger charge is -2.23. The summed E-state index contributed by atoms with van der Waals surface area (Å²) in [7, 11) is 0. The van der Waals surface area contributed by atoms with Crippen LogP contribution in [0.2, 0.25) is 0 Å². The SMILES string of the molecule is Cc1cccc(C)c1NC(=O)C(C(F)(F)F)C(F)(F)F. The van der Waals surface area contributed by atoms with Gasteiger partial charge in [-0.3, -0.25) is 4.79 Å². The van der Waals surface area contributed by atoms with Crippen molar-refractivity contribution in [2.75, 3.05) is 5.32 Å². The molecule has 0 fully saturated rings. The van der Waals surface area contributed by atoms with Gasteiger partial charge in [0.25, 0.3) is 0 Å². The Hall–Kier alpha value is -1.73. The number of benzene rings is 1. The van der Waals surface area contributed by atoms with Gasteiger partial charge in [0, 0.05) is 5.69 Å². The van der Waals surface area contributed by atoms with Gasteiger partial charge in [-0.15, -0.1) is 0 Å². The third-order valence-electron chi connectivity index (χ3n) is 2.65. The minimum atomic E-state index is -5.70. The van der Waals surface area contributed by atoms with E-state index in [-0.39, 0.29) is 5.69 Å². The maximum absolute atomic E-state index is 12.4. The number of nitrogens with one attached hydrogen (secondary N) is 1. The van der Waals surface area contributed by atoms with Crippen LogP contribution in [0.1, 0.15) is 11.1 Å². The van der Waals surface area contributed by atoms with E-state index in [4.69, 9.17) is 0 Å². The van der Waals surface area contributed by atoms with Gasteiger partial charge in [0.05, 0.1) is 0 Å². The van der Waals surface area contributed by atoms with Crippen molar-refractivity contribution in [1.29, 1.82) is 0 Å². The topological polar surface area (TPSA) is 29.1 Å². The molecule has 0 unspecified atom stereocenters. The lowest BCUT2D eigenvalue weighted by atomic mass is 10.1. The van der Waals surface area contributed by atoms with E-state index in [0.717, 1.165) is 0 Å². The minimum Gasteiger partial charge on any atom is -0.325 e. The third kappa shape index (κ3) is 3.64. The second-order valence-corrected chi connectivity index (χ2v) is 4.27. The van der Waals surface area contributed by atoms with Crippen molar-refractivity contribution < 1.29 is 31.1 Å². The molecule has 0 bridgehead atoms. The number of para-hydroxylation sites is 1. The summed E-state index contributed by atoms with van der Waals surface area (Å²) in [5.74, 6) is -6.18. The van der Waals surface area contributed by atoms with Crippen LogP contribution in [-0.2, 0) is 4.79 Å². The highest BCUT2D eigenvalue weighted by Gasteiger charge is 2.61. The second kappa shape index (κ2) is 5.34. The maximum atomic E-state index is 12.4. The summed E-state index contributed by atoms with van der Waals surface area (Å²) in [5, 5.41) is 1.71. The van der Waals surface area contributed by atoms with Gasteiger partial charge in [0.1, 0.15) is 0 Å². The molecule has 1 aromatic rings. The van der Waals surface area contributed by atoms with Crippen molar-refractivity contribution in [3.05, 3.63) is 29.3 Å². The van der Waals surface area contributed by atoms with Crippen LogP contribution >= 0.6 is 0 Å². The fourth-order valence-electron chi connectivity index (χ4n) is 1.69. The summed E-state index contributed by atoms with van der Waals surface area (Å²) in [6.07, 6.45) is -11.4. The van der Waals surface area contributed by atoms with E-state index in [2.05, 4.69) is 0 Å². The average molecular weight is 299 g/mol. The van der Waals surface area contributed by atoms with E-state index in [1.807, 2.05) is 0 Å². The van der Waals surface area contributed by atoms with Gasteiger partial charge in [-0.2, -0.15) is 26.3 Å². The molecule has 8 heteroatoms. The summed E-state index contributed by atoms with van der Waals surface area (Å²) in [6, 6.07) is 4.52. The van der Waals surface area contributed by atoms with Crippen molar-refractivity contribution in [3.63, 3.8) is 0 Å². The Morgan fingerprint density at radius 1 is 1.00 bits per heavy atom. The van der Waals surface area contributed by atoms with Crippen molar-refractivity contribution in [1.82, 2.24) is 0 Å². The van der Waals surface area contributed by atoms with E-state index >= 15 is 0 Å². The lowest BCUT2D eigenvalue weighted by molar-refractivity contribution is -0.272. The Kier molecular flexibility index (Phi) is 4.36. The number of halogens is 6. The highest BCUT2D eigenvalue weighted by atomic mass is 19.4. The summed E-state index contributed by atoms with van der Waals surface area (Å²) < 4.78 is 74.3. The zero-order chi connectivity index (χ0) is 15.7. The van der Waals surface area contributed by atoms with Crippen LogP contribution in [0.15, 0.2) is 18.2 Å². The Morgan fingerprint density at radius 3 is 1.75 bits per heavy atom. The summed E-state index contributed by atoms with van der Waals surface area (Å²) >= 11 is 0. The number of carbonyl (C=O) groups is 1. The first kappa shape index (κ1) is 16.3. The monoisotopic (exact) mass is 299 g/mol. The number of anilines is 1. The quantitative estimate of drug-likeness (QED) is 0.822. The molecule has 0 atom stereocenters. The van der Waals surface area contributed by atoms with Crippen LogP contribution in [0, 0.1) is 19.8 Å². The summed E-state index contributed by atoms with van der Waals surface area (Å²) in [4.78, 5) is 11.4. The van der Waals surface area contributed by atoms with E-state index < -0.39 is 24.2 Å². The highest BCUT2D eigenvalue weighted by molar-refractivity contribution is 5.95. The third-order valence-corrected chi connectivity index (χ3v) is 2.65. The van der Waals surface area contributed by atoms with Crippen LogP contribution in [0.3, 0.4) is 0 Å². The Labute approximate surface area is 110 Å². The second-order valence-electron chi connectivity index (χ2n) is 4.27.